The number of halogens is 1. The van der Waals surface area contributed by atoms with Crippen LogP contribution in [0.25, 0.3) is 17.1 Å². The fourth-order valence-electron chi connectivity index (χ4n) is 2.37. The lowest BCUT2D eigenvalue weighted by atomic mass is 9.96. The standard InChI is InChI=1S/C15H16ClN3O2/c1-3-5-10-12-11(8-17-15(16)18-12)19(2)14(20)13(10)21-9-6-4-7-9/h3,5,8-9H,4,6-7H2,1-2H3. The zero-order chi connectivity index (χ0) is 15.0. The van der Waals surface area contributed by atoms with Crippen LogP contribution in [-0.2, 0) is 7.05 Å². The van der Waals surface area contributed by atoms with Gasteiger partial charge in [-0.05, 0) is 37.8 Å². The van der Waals surface area contributed by atoms with Crippen molar-refractivity contribution in [2.45, 2.75) is 32.3 Å². The molecule has 1 saturated carbocycles. The normalized spacial score (nSPS) is 15.6. The summed E-state index contributed by atoms with van der Waals surface area (Å²) in [6.07, 6.45) is 8.50. The molecule has 6 heteroatoms. The second-order valence-corrected chi connectivity index (χ2v) is 5.49. The van der Waals surface area contributed by atoms with Gasteiger partial charge in [0.15, 0.2) is 5.75 Å². The van der Waals surface area contributed by atoms with Crippen LogP contribution in [0.1, 0.15) is 31.7 Å². The van der Waals surface area contributed by atoms with E-state index in [-0.39, 0.29) is 16.9 Å². The minimum Gasteiger partial charge on any atom is -0.484 e. The SMILES string of the molecule is CC=Cc1c(OC2CCC2)c(=O)n(C)c2cnc(Cl)nc12. The molecule has 3 rings (SSSR count). The lowest BCUT2D eigenvalue weighted by Gasteiger charge is -2.27. The maximum absolute atomic E-state index is 12.6. The number of aryl methyl sites for hydroxylation is 1. The number of pyridine rings is 1. The van der Waals surface area contributed by atoms with E-state index in [1.807, 2.05) is 19.1 Å². The topological polar surface area (TPSA) is 57.0 Å². The zero-order valence-corrected chi connectivity index (χ0v) is 12.7. The highest BCUT2D eigenvalue weighted by Gasteiger charge is 2.24. The van der Waals surface area contributed by atoms with Crippen molar-refractivity contribution in [3.63, 3.8) is 0 Å². The predicted molar refractivity (Wildman–Crippen MR) is 82.8 cm³/mol. The summed E-state index contributed by atoms with van der Waals surface area (Å²) >= 11 is 5.90. The molecule has 2 aromatic rings. The number of fused-ring (bicyclic) bond motifs is 1. The Morgan fingerprint density at radius 1 is 1.48 bits per heavy atom. The second-order valence-electron chi connectivity index (χ2n) is 5.15. The third-order valence-electron chi connectivity index (χ3n) is 3.77. The van der Waals surface area contributed by atoms with Gasteiger partial charge in [-0.25, -0.2) is 9.97 Å². The Hall–Kier alpha value is -1.88. The van der Waals surface area contributed by atoms with Gasteiger partial charge in [-0.3, -0.25) is 4.79 Å². The summed E-state index contributed by atoms with van der Waals surface area (Å²) in [4.78, 5) is 20.8. The molecule has 21 heavy (non-hydrogen) atoms. The first-order chi connectivity index (χ1) is 10.1. The van der Waals surface area contributed by atoms with Crippen LogP contribution in [-0.4, -0.2) is 20.6 Å². The molecular weight excluding hydrogens is 290 g/mol. The van der Waals surface area contributed by atoms with Gasteiger partial charge in [0.25, 0.3) is 5.56 Å². The molecule has 110 valence electrons. The first-order valence-electron chi connectivity index (χ1n) is 6.96. The number of hydrogen-bond donors (Lipinski definition) is 0. The van der Waals surface area contributed by atoms with E-state index in [4.69, 9.17) is 16.3 Å². The number of hydrogen-bond acceptors (Lipinski definition) is 4. The highest BCUT2D eigenvalue weighted by Crippen LogP contribution is 2.29. The van der Waals surface area contributed by atoms with Crippen molar-refractivity contribution in [3.8, 4) is 5.75 Å². The Morgan fingerprint density at radius 2 is 2.24 bits per heavy atom. The number of rotatable bonds is 3. The maximum Gasteiger partial charge on any atom is 0.293 e. The van der Waals surface area contributed by atoms with Crippen molar-refractivity contribution < 1.29 is 4.74 Å². The molecule has 1 aliphatic carbocycles. The first kappa shape index (κ1) is 14.1. The molecule has 0 atom stereocenters. The molecule has 5 nitrogen and oxygen atoms in total. The molecule has 0 saturated heterocycles. The lowest BCUT2D eigenvalue weighted by molar-refractivity contribution is 0.118. The second kappa shape index (κ2) is 5.48. The largest absolute Gasteiger partial charge is 0.484 e. The van der Waals surface area contributed by atoms with Crippen LogP contribution < -0.4 is 10.3 Å². The van der Waals surface area contributed by atoms with Gasteiger partial charge in [-0.1, -0.05) is 12.2 Å². The molecular formula is C15H16ClN3O2. The van der Waals surface area contributed by atoms with E-state index in [9.17, 15) is 4.79 Å². The third kappa shape index (κ3) is 2.42. The Balaban J connectivity index is 2.30. The summed E-state index contributed by atoms with van der Waals surface area (Å²) in [5.74, 6) is 0.350. The number of allylic oxidation sites excluding steroid dienone is 1. The van der Waals surface area contributed by atoms with Crippen molar-refractivity contribution in [1.29, 1.82) is 0 Å². The van der Waals surface area contributed by atoms with Gasteiger partial charge in [-0.2, -0.15) is 0 Å². The molecule has 1 fully saturated rings. The third-order valence-corrected chi connectivity index (χ3v) is 3.95. The van der Waals surface area contributed by atoms with E-state index in [0.29, 0.717) is 22.3 Å². The molecule has 0 aliphatic heterocycles. The number of nitrogens with zero attached hydrogens (tertiary/aromatic N) is 3. The predicted octanol–water partition coefficient (Wildman–Crippen LogP) is 2.95. The molecule has 0 unspecified atom stereocenters. The van der Waals surface area contributed by atoms with Crippen LogP contribution in [0.5, 0.6) is 5.75 Å². The van der Waals surface area contributed by atoms with Gasteiger partial charge in [-0.15, -0.1) is 0 Å². The molecule has 2 heterocycles. The lowest BCUT2D eigenvalue weighted by Crippen LogP contribution is -2.30. The number of ether oxygens (including phenoxy) is 1. The van der Waals surface area contributed by atoms with E-state index in [0.717, 1.165) is 19.3 Å². The quantitative estimate of drug-likeness (QED) is 0.818. The smallest absolute Gasteiger partial charge is 0.293 e. The van der Waals surface area contributed by atoms with Crippen LogP contribution in [0.2, 0.25) is 5.28 Å². The molecule has 0 N–H and O–H groups in total. The summed E-state index contributed by atoms with van der Waals surface area (Å²) < 4.78 is 7.41. The van der Waals surface area contributed by atoms with Crippen LogP contribution in [0, 0.1) is 0 Å². The Bertz CT molecular complexity index is 779. The van der Waals surface area contributed by atoms with Gasteiger partial charge in [0, 0.05) is 7.05 Å². The van der Waals surface area contributed by atoms with Crippen LogP contribution in [0.4, 0.5) is 0 Å². The van der Waals surface area contributed by atoms with Gasteiger partial charge in [0.2, 0.25) is 5.28 Å². The van der Waals surface area contributed by atoms with Gasteiger partial charge < -0.3 is 9.30 Å². The highest BCUT2D eigenvalue weighted by atomic mass is 35.5. The van der Waals surface area contributed by atoms with Crippen molar-refractivity contribution in [2.24, 2.45) is 7.05 Å². The summed E-state index contributed by atoms with van der Waals surface area (Å²) in [5, 5.41) is 0.154. The Kier molecular flexibility index (Phi) is 3.68. The van der Waals surface area contributed by atoms with Crippen molar-refractivity contribution in [2.75, 3.05) is 0 Å². The van der Waals surface area contributed by atoms with Gasteiger partial charge in [0.05, 0.1) is 23.4 Å². The maximum atomic E-state index is 12.6. The summed E-state index contributed by atoms with van der Waals surface area (Å²) in [6.45, 7) is 1.89. The molecule has 0 spiro atoms. The van der Waals surface area contributed by atoms with Crippen LogP contribution >= 0.6 is 11.6 Å². The van der Waals surface area contributed by atoms with E-state index in [1.165, 1.54) is 4.57 Å². The van der Waals surface area contributed by atoms with Crippen LogP contribution in [0.3, 0.4) is 0 Å². The van der Waals surface area contributed by atoms with E-state index in [2.05, 4.69) is 9.97 Å². The molecule has 1 aliphatic rings. The van der Waals surface area contributed by atoms with E-state index < -0.39 is 0 Å². The van der Waals surface area contributed by atoms with Crippen molar-refractivity contribution in [3.05, 3.63) is 33.5 Å². The fourth-order valence-corrected chi connectivity index (χ4v) is 2.51. The van der Waals surface area contributed by atoms with Crippen LogP contribution in [0.15, 0.2) is 17.1 Å². The fraction of sp³-hybridized carbons (Fsp3) is 0.400. The first-order valence-corrected chi connectivity index (χ1v) is 7.34. The average Bonchev–Trinajstić information content (AvgIpc) is 2.42. The molecule has 0 amide bonds. The van der Waals surface area contributed by atoms with Crippen molar-refractivity contribution in [1.82, 2.24) is 14.5 Å². The molecule has 0 radical (unpaired) electrons. The van der Waals surface area contributed by atoms with E-state index in [1.54, 1.807) is 13.2 Å². The monoisotopic (exact) mass is 305 g/mol. The molecule has 0 bridgehead atoms. The number of aromatic nitrogens is 3. The van der Waals surface area contributed by atoms with Gasteiger partial charge in [0.1, 0.15) is 5.52 Å². The minimum atomic E-state index is -0.173. The summed E-state index contributed by atoms with van der Waals surface area (Å²) in [6, 6.07) is 0. The molecule has 2 aromatic heterocycles. The highest BCUT2D eigenvalue weighted by molar-refractivity contribution is 6.28. The Morgan fingerprint density at radius 3 is 2.86 bits per heavy atom. The average molecular weight is 306 g/mol. The zero-order valence-electron chi connectivity index (χ0n) is 12.0. The summed E-state index contributed by atoms with van der Waals surface area (Å²) in [5.41, 5.74) is 1.77. The van der Waals surface area contributed by atoms with E-state index >= 15 is 0 Å². The molecule has 0 aromatic carbocycles. The Labute approximate surface area is 127 Å². The van der Waals surface area contributed by atoms with Gasteiger partial charge >= 0.3 is 0 Å². The van der Waals surface area contributed by atoms with Crippen molar-refractivity contribution >= 4 is 28.7 Å². The minimum absolute atomic E-state index is 0.122. The summed E-state index contributed by atoms with van der Waals surface area (Å²) in [7, 11) is 1.69.